The summed E-state index contributed by atoms with van der Waals surface area (Å²) in [6, 6.07) is 4.69. The molecular weight excluding hydrogens is 324 g/mol. The van der Waals surface area contributed by atoms with Crippen LogP contribution in [-0.4, -0.2) is 24.6 Å². The van der Waals surface area contributed by atoms with Crippen LogP contribution in [0.15, 0.2) is 12.1 Å². The predicted octanol–water partition coefficient (Wildman–Crippen LogP) is 5.88. The number of Topliss-reactive ketones (excluding diaryl/α,β-unsaturated/α-hetero) is 1. The molecule has 146 valence electrons. The first kappa shape index (κ1) is 21.1. The van der Waals surface area contributed by atoms with Gasteiger partial charge in [0.05, 0.1) is 6.10 Å². The number of rotatable bonds is 7. The highest BCUT2D eigenvalue weighted by atomic mass is 16.6. The van der Waals surface area contributed by atoms with Gasteiger partial charge in [0.25, 0.3) is 0 Å². The number of carbonyl (C=O) groups excluding carboxylic acids is 1. The summed E-state index contributed by atoms with van der Waals surface area (Å²) < 4.78 is 11.9. The molecule has 0 heterocycles. The normalized spacial score (nSPS) is 24.5. The maximum atomic E-state index is 12.0. The van der Waals surface area contributed by atoms with Gasteiger partial charge in [-0.05, 0) is 53.9 Å². The van der Waals surface area contributed by atoms with Gasteiger partial charge in [-0.2, -0.15) is 0 Å². The molecule has 0 N–H and O–H groups in total. The lowest BCUT2D eigenvalue weighted by molar-refractivity contribution is -0.197. The molecule has 0 radical (unpaired) electrons. The van der Waals surface area contributed by atoms with Gasteiger partial charge in [0.2, 0.25) is 0 Å². The number of benzene rings is 1. The first-order valence-electron chi connectivity index (χ1n) is 9.94. The van der Waals surface area contributed by atoms with E-state index in [9.17, 15) is 4.79 Å². The van der Waals surface area contributed by atoms with Crippen LogP contribution in [0.5, 0.6) is 0 Å². The fraction of sp³-hybridized carbons (Fsp3) is 0.696. The largest absolute Gasteiger partial charge is 0.368 e. The predicted molar refractivity (Wildman–Crippen MR) is 107 cm³/mol. The van der Waals surface area contributed by atoms with Crippen LogP contribution >= 0.6 is 0 Å². The molecule has 0 saturated heterocycles. The fourth-order valence-electron chi connectivity index (χ4n) is 3.83. The average molecular weight is 361 g/mol. The molecule has 1 saturated carbocycles. The lowest BCUT2D eigenvalue weighted by Gasteiger charge is -2.45. The summed E-state index contributed by atoms with van der Waals surface area (Å²) in [4.78, 5) is 12.0. The van der Waals surface area contributed by atoms with E-state index < -0.39 is 5.60 Å². The summed E-state index contributed by atoms with van der Waals surface area (Å²) in [6.07, 6.45) is 0.186. The van der Waals surface area contributed by atoms with E-state index in [1.165, 1.54) is 22.3 Å². The van der Waals surface area contributed by atoms with Crippen LogP contribution < -0.4 is 0 Å². The molecule has 0 amide bonds. The van der Waals surface area contributed by atoms with Crippen molar-refractivity contribution < 1.29 is 14.3 Å². The van der Waals surface area contributed by atoms with Gasteiger partial charge in [-0.25, -0.2) is 0 Å². The smallest absolute Gasteiger partial charge is 0.169 e. The minimum Gasteiger partial charge on any atom is -0.368 e. The Hall–Kier alpha value is -1.19. The second-order valence-electron chi connectivity index (χ2n) is 8.78. The van der Waals surface area contributed by atoms with Gasteiger partial charge in [-0.15, -0.1) is 0 Å². The molecule has 0 spiro atoms. The molecule has 1 aliphatic rings. The topological polar surface area (TPSA) is 35.5 Å². The number of ketones is 1. The Morgan fingerprint density at radius 3 is 1.81 bits per heavy atom. The zero-order chi connectivity index (χ0) is 19.8. The molecule has 0 bridgehead atoms. The molecule has 1 fully saturated rings. The van der Waals surface area contributed by atoms with E-state index in [0.717, 1.165) is 0 Å². The Labute approximate surface area is 159 Å². The zero-order valence-corrected chi connectivity index (χ0v) is 18.0. The third-order valence-corrected chi connectivity index (χ3v) is 5.91. The van der Waals surface area contributed by atoms with E-state index in [-0.39, 0.29) is 18.0 Å². The Balaban J connectivity index is 2.45. The first-order valence-corrected chi connectivity index (χ1v) is 9.94. The Bertz CT molecular complexity index is 630. The summed E-state index contributed by atoms with van der Waals surface area (Å²) in [5.74, 6) is 1.46. The van der Waals surface area contributed by atoms with Crippen LogP contribution in [0.25, 0.3) is 0 Å². The summed E-state index contributed by atoms with van der Waals surface area (Å²) in [5, 5.41) is 0. The molecule has 1 unspecified atom stereocenters. The van der Waals surface area contributed by atoms with Crippen molar-refractivity contribution in [2.45, 2.75) is 97.4 Å². The standard InChI is InChI=1S/C23H36O3/c1-13(2)17-10-18(14(3)4)22(19(11-17)15(5)6)16(7)26-21-12-20(24)23(21,8)25-9/h10-11,13-16,21H,12H2,1-9H3/t16?,21-,23-/m0/s1. The Morgan fingerprint density at radius 2 is 1.46 bits per heavy atom. The van der Waals surface area contributed by atoms with Gasteiger partial charge < -0.3 is 9.47 Å². The third-order valence-electron chi connectivity index (χ3n) is 5.91. The summed E-state index contributed by atoms with van der Waals surface area (Å²) in [7, 11) is 1.59. The molecule has 0 aromatic heterocycles. The third kappa shape index (κ3) is 3.75. The first-order chi connectivity index (χ1) is 12.0. The monoisotopic (exact) mass is 360 g/mol. The van der Waals surface area contributed by atoms with E-state index in [0.29, 0.717) is 24.2 Å². The second-order valence-corrected chi connectivity index (χ2v) is 8.78. The van der Waals surface area contributed by atoms with Gasteiger partial charge in [0.1, 0.15) is 11.7 Å². The van der Waals surface area contributed by atoms with Crippen molar-refractivity contribution in [3.05, 3.63) is 34.4 Å². The number of ether oxygens (including phenoxy) is 2. The zero-order valence-electron chi connectivity index (χ0n) is 18.0. The average Bonchev–Trinajstić information content (AvgIpc) is 2.58. The van der Waals surface area contributed by atoms with E-state index >= 15 is 0 Å². The number of hydrogen-bond acceptors (Lipinski definition) is 3. The van der Waals surface area contributed by atoms with E-state index in [4.69, 9.17) is 9.47 Å². The lowest BCUT2D eigenvalue weighted by atomic mass is 9.76. The van der Waals surface area contributed by atoms with Gasteiger partial charge >= 0.3 is 0 Å². The van der Waals surface area contributed by atoms with Gasteiger partial charge in [0.15, 0.2) is 5.78 Å². The van der Waals surface area contributed by atoms with Gasteiger partial charge in [-0.3, -0.25) is 4.79 Å². The SMILES string of the molecule is CO[C@@]1(C)C(=O)C[C@@H]1OC(C)c1c(C(C)C)cc(C(C)C)cc1C(C)C. The molecule has 3 atom stereocenters. The van der Waals surface area contributed by atoms with Crippen LogP contribution in [0.1, 0.15) is 108 Å². The van der Waals surface area contributed by atoms with Crippen LogP contribution in [0.4, 0.5) is 0 Å². The van der Waals surface area contributed by atoms with Crippen LogP contribution in [0, 0.1) is 0 Å². The molecule has 1 aliphatic carbocycles. The van der Waals surface area contributed by atoms with E-state index in [2.05, 4.69) is 60.6 Å². The van der Waals surface area contributed by atoms with Crippen molar-refractivity contribution in [2.75, 3.05) is 7.11 Å². The molecule has 3 heteroatoms. The van der Waals surface area contributed by atoms with Crippen molar-refractivity contribution in [3.63, 3.8) is 0 Å². The van der Waals surface area contributed by atoms with Crippen molar-refractivity contribution >= 4 is 5.78 Å². The quantitative estimate of drug-likeness (QED) is 0.609. The minimum absolute atomic E-state index is 0.0708. The van der Waals surface area contributed by atoms with Crippen molar-refractivity contribution in [2.24, 2.45) is 0 Å². The van der Waals surface area contributed by atoms with Gasteiger partial charge in [-0.1, -0.05) is 53.7 Å². The van der Waals surface area contributed by atoms with Crippen LogP contribution in [-0.2, 0) is 14.3 Å². The van der Waals surface area contributed by atoms with Crippen LogP contribution in [0.2, 0.25) is 0 Å². The minimum atomic E-state index is -0.803. The Kier molecular flexibility index (Phi) is 6.35. The summed E-state index contributed by atoms with van der Waals surface area (Å²) in [5.41, 5.74) is 4.59. The number of methoxy groups -OCH3 is 1. The van der Waals surface area contributed by atoms with Crippen molar-refractivity contribution in [1.29, 1.82) is 0 Å². The lowest BCUT2D eigenvalue weighted by Crippen LogP contribution is -2.60. The molecule has 3 nitrogen and oxygen atoms in total. The second kappa shape index (κ2) is 7.82. The highest BCUT2D eigenvalue weighted by Gasteiger charge is 2.53. The highest BCUT2D eigenvalue weighted by Crippen LogP contribution is 2.41. The maximum Gasteiger partial charge on any atom is 0.169 e. The summed E-state index contributed by atoms with van der Waals surface area (Å²) in [6.45, 7) is 17.4. The highest BCUT2D eigenvalue weighted by molar-refractivity contribution is 5.94. The number of carbonyl (C=O) groups is 1. The summed E-state index contributed by atoms with van der Waals surface area (Å²) >= 11 is 0. The molecular formula is C23H36O3. The molecule has 1 aromatic rings. The van der Waals surface area contributed by atoms with E-state index in [1.807, 2.05) is 6.92 Å². The maximum absolute atomic E-state index is 12.0. The van der Waals surface area contributed by atoms with Crippen LogP contribution in [0.3, 0.4) is 0 Å². The molecule has 2 rings (SSSR count). The van der Waals surface area contributed by atoms with Crippen molar-refractivity contribution in [3.8, 4) is 0 Å². The Morgan fingerprint density at radius 1 is 0.962 bits per heavy atom. The number of hydrogen-bond donors (Lipinski definition) is 0. The molecule has 1 aromatic carbocycles. The molecule has 26 heavy (non-hydrogen) atoms. The fourth-order valence-corrected chi connectivity index (χ4v) is 3.83. The van der Waals surface area contributed by atoms with Crippen molar-refractivity contribution in [1.82, 2.24) is 0 Å². The van der Waals surface area contributed by atoms with Gasteiger partial charge in [0, 0.05) is 13.5 Å². The van der Waals surface area contributed by atoms with E-state index in [1.54, 1.807) is 7.11 Å². The molecule has 0 aliphatic heterocycles.